The van der Waals surface area contributed by atoms with Crippen molar-refractivity contribution in [3.8, 4) is 0 Å². The number of aromatic nitrogens is 2. The van der Waals surface area contributed by atoms with E-state index in [0.29, 0.717) is 16.7 Å². The van der Waals surface area contributed by atoms with Gasteiger partial charge in [0.15, 0.2) is 0 Å². The van der Waals surface area contributed by atoms with Crippen molar-refractivity contribution in [2.45, 2.75) is 33.0 Å². The number of H-pyrrole nitrogens is 1. The van der Waals surface area contributed by atoms with Crippen molar-refractivity contribution in [2.75, 3.05) is 0 Å². The molecule has 0 amide bonds. The van der Waals surface area contributed by atoms with Crippen LogP contribution in [0.1, 0.15) is 26.6 Å². The van der Waals surface area contributed by atoms with Crippen molar-refractivity contribution in [1.29, 1.82) is 0 Å². The lowest BCUT2D eigenvalue weighted by atomic mass is 10.2. The highest BCUT2D eigenvalue weighted by Crippen LogP contribution is 2.26. The van der Waals surface area contributed by atoms with Crippen LogP contribution in [0.3, 0.4) is 0 Å². The molecule has 0 unspecified atom stereocenters. The van der Waals surface area contributed by atoms with E-state index in [1.165, 1.54) is 0 Å². The predicted octanol–water partition coefficient (Wildman–Crippen LogP) is 4.18. The van der Waals surface area contributed by atoms with E-state index in [1.807, 2.05) is 20.8 Å². The van der Waals surface area contributed by atoms with E-state index in [9.17, 15) is 0 Å². The molecule has 0 spiro atoms. The molecule has 5 heteroatoms. The minimum Gasteiger partial charge on any atom is -0.368 e. The Hall–Kier alpha value is -0.770. The van der Waals surface area contributed by atoms with Crippen LogP contribution in [0.25, 0.3) is 11.0 Å². The minimum atomic E-state index is -0.186. The van der Waals surface area contributed by atoms with E-state index in [-0.39, 0.29) is 5.60 Å². The summed E-state index contributed by atoms with van der Waals surface area (Å²) in [5.74, 6) is 0.772. The number of fused-ring (bicyclic) bond motifs is 1. The highest BCUT2D eigenvalue weighted by Gasteiger charge is 2.12. The second-order valence-electron chi connectivity index (χ2n) is 4.87. The minimum absolute atomic E-state index is 0.186. The number of hydrogen-bond acceptors (Lipinski definition) is 2. The van der Waals surface area contributed by atoms with E-state index in [2.05, 4.69) is 9.97 Å². The van der Waals surface area contributed by atoms with Gasteiger partial charge in [0.1, 0.15) is 12.4 Å². The van der Waals surface area contributed by atoms with Gasteiger partial charge in [-0.15, -0.1) is 0 Å². The summed E-state index contributed by atoms with van der Waals surface area (Å²) in [6.07, 6.45) is 0. The largest absolute Gasteiger partial charge is 0.368 e. The van der Waals surface area contributed by atoms with Gasteiger partial charge in [-0.25, -0.2) is 4.98 Å². The van der Waals surface area contributed by atoms with Gasteiger partial charge in [-0.3, -0.25) is 0 Å². The number of ether oxygens (including phenoxy) is 1. The van der Waals surface area contributed by atoms with Crippen LogP contribution < -0.4 is 0 Å². The molecule has 0 aliphatic carbocycles. The van der Waals surface area contributed by atoms with Gasteiger partial charge < -0.3 is 9.72 Å². The fourth-order valence-electron chi connectivity index (χ4n) is 1.41. The lowest BCUT2D eigenvalue weighted by Gasteiger charge is -2.18. The average molecular weight is 273 g/mol. The molecule has 2 aromatic rings. The molecule has 0 atom stereocenters. The summed E-state index contributed by atoms with van der Waals surface area (Å²) in [4.78, 5) is 7.55. The predicted molar refractivity (Wildman–Crippen MR) is 70.7 cm³/mol. The van der Waals surface area contributed by atoms with E-state index in [1.54, 1.807) is 12.1 Å². The smallest absolute Gasteiger partial charge is 0.133 e. The lowest BCUT2D eigenvalue weighted by molar-refractivity contribution is -0.0177. The molecule has 0 aliphatic rings. The summed E-state index contributed by atoms with van der Waals surface area (Å²) in [5.41, 5.74) is 1.48. The highest BCUT2D eigenvalue weighted by molar-refractivity contribution is 6.42. The summed E-state index contributed by atoms with van der Waals surface area (Å²) in [5, 5.41) is 1.03. The first kappa shape index (κ1) is 12.7. The number of imidazole rings is 1. The zero-order chi connectivity index (χ0) is 12.6. The van der Waals surface area contributed by atoms with Gasteiger partial charge in [-0.2, -0.15) is 0 Å². The van der Waals surface area contributed by atoms with Crippen molar-refractivity contribution in [2.24, 2.45) is 0 Å². The Morgan fingerprint density at radius 1 is 1.24 bits per heavy atom. The molecule has 1 aromatic heterocycles. The maximum Gasteiger partial charge on any atom is 0.133 e. The number of nitrogens with one attached hydrogen (secondary N) is 1. The van der Waals surface area contributed by atoms with Crippen LogP contribution in [-0.4, -0.2) is 15.6 Å². The van der Waals surface area contributed by atoms with Gasteiger partial charge >= 0.3 is 0 Å². The standard InChI is InChI=1S/C12H14Cl2N2O/c1-12(2,3)17-6-11-15-9-4-7(13)8(14)5-10(9)16-11/h4-5H,6H2,1-3H3,(H,15,16). The Kier molecular flexibility index (Phi) is 3.34. The number of aromatic amines is 1. The topological polar surface area (TPSA) is 37.9 Å². The average Bonchev–Trinajstić information content (AvgIpc) is 2.57. The van der Waals surface area contributed by atoms with Gasteiger partial charge in [0.05, 0.1) is 26.7 Å². The number of benzene rings is 1. The molecule has 0 radical (unpaired) electrons. The zero-order valence-corrected chi connectivity index (χ0v) is 11.5. The molecular weight excluding hydrogens is 259 g/mol. The fourth-order valence-corrected chi connectivity index (χ4v) is 1.73. The molecular formula is C12H14Cl2N2O. The molecule has 3 nitrogen and oxygen atoms in total. The summed E-state index contributed by atoms with van der Waals surface area (Å²) >= 11 is 11.9. The van der Waals surface area contributed by atoms with Crippen LogP contribution in [0.4, 0.5) is 0 Å². The first-order valence-corrected chi connectivity index (χ1v) is 6.08. The summed E-state index contributed by atoms with van der Waals surface area (Å²) in [7, 11) is 0. The van der Waals surface area contributed by atoms with Gasteiger partial charge in [0.2, 0.25) is 0 Å². The van der Waals surface area contributed by atoms with Crippen molar-refractivity contribution in [1.82, 2.24) is 9.97 Å². The number of rotatable bonds is 2. The van der Waals surface area contributed by atoms with Gasteiger partial charge in [-0.05, 0) is 32.9 Å². The quantitative estimate of drug-likeness (QED) is 0.891. The number of nitrogens with zero attached hydrogens (tertiary/aromatic N) is 1. The molecule has 0 aliphatic heterocycles. The first-order chi connectivity index (χ1) is 7.85. The van der Waals surface area contributed by atoms with E-state index < -0.39 is 0 Å². The number of hydrogen-bond donors (Lipinski definition) is 1. The Bertz CT molecular complexity index is 504. The second-order valence-corrected chi connectivity index (χ2v) is 5.68. The summed E-state index contributed by atoms with van der Waals surface area (Å²) in [6.45, 7) is 6.45. The van der Waals surface area contributed by atoms with E-state index in [4.69, 9.17) is 27.9 Å². The molecule has 17 heavy (non-hydrogen) atoms. The van der Waals surface area contributed by atoms with Gasteiger partial charge in [0.25, 0.3) is 0 Å². The zero-order valence-electron chi connectivity index (χ0n) is 9.97. The molecule has 0 bridgehead atoms. The molecule has 1 aromatic carbocycles. The van der Waals surface area contributed by atoms with Crippen LogP contribution in [0.15, 0.2) is 12.1 Å². The Morgan fingerprint density at radius 3 is 2.53 bits per heavy atom. The first-order valence-electron chi connectivity index (χ1n) is 5.33. The van der Waals surface area contributed by atoms with Crippen LogP contribution in [-0.2, 0) is 11.3 Å². The van der Waals surface area contributed by atoms with Crippen LogP contribution >= 0.6 is 23.2 Å². The summed E-state index contributed by atoms with van der Waals surface area (Å²) < 4.78 is 5.65. The van der Waals surface area contributed by atoms with Crippen LogP contribution in [0.5, 0.6) is 0 Å². The fraction of sp³-hybridized carbons (Fsp3) is 0.417. The Morgan fingerprint density at radius 2 is 1.88 bits per heavy atom. The lowest BCUT2D eigenvalue weighted by Crippen LogP contribution is -2.19. The van der Waals surface area contributed by atoms with Gasteiger partial charge in [-0.1, -0.05) is 23.2 Å². The SMILES string of the molecule is CC(C)(C)OCc1nc2cc(Cl)c(Cl)cc2[nH]1. The normalized spacial score (nSPS) is 12.3. The van der Waals surface area contributed by atoms with Crippen molar-refractivity contribution < 1.29 is 4.74 Å². The molecule has 92 valence electrons. The molecule has 1 heterocycles. The molecule has 0 fully saturated rings. The highest BCUT2D eigenvalue weighted by atomic mass is 35.5. The maximum absolute atomic E-state index is 5.94. The maximum atomic E-state index is 5.94. The summed E-state index contributed by atoms with van der Waals surface area (Å²) in [6, 6.07) is 3.52. The third-order valence-electron chi connectivity index (χ3n) is 2.21. The van der Waals surface area contributed by atoms with Crippen LogP contribution in [0, 0.1) is 0 Å². The van der Waals surface area contributed by atoms with Crippen LogP contribution in [0.2, 0.25) is 10.0 Å². The number of halogens is 2. The van der Waals surface area contributed by atoms with Crippen molar-refractivity contribution in [3.63, 3.8) is 0 Å². The van der Waals surface area contributed by atoms with Crippen molar-refractivity contribution >= 4 is 34.2 Å². The Labute approximate surface area is 110 Å². The third kappa shape index (κ3) is 3.12. The molecule has 2 rings (SSSR count). The van der Waals surface area contributed by atoms with Crippen molar-refractivity contribution in [3.05, 3.63) is 28.0 Å². The van der Waals surface area contributed by atoms with E-state index >= 15 is 0 Å². The van der Waals surface area contributed by atoms with E-state index in [0.717, 1.165) is 16.9 Å². The monoisotopic (exact) mass is 272 g/mol. The second kappa shape index (κ2) is 4.48. The molecule has 0 saturated carbocycles. The van der Waals surface area contributed by atoms with Gasteiger partial charge in [0, 0.05) is 0 Å². The molecule has 1 N–H and O–H groups in total. The Balaban J connectivity index is 2.26. The third-order valence-corrected chi connectivity index (χ3v) is 2.94. The molecule has 0 saturated heterocycles.